The average molecular weight is 370 g/mol. The standard InChI is InChI=1S/C19H19ClF3NO/c1-2-18(16-13-15(20)10-11-17(16)19(21,22)23)24-25-12-6-9-14-7-4-3-5-8-14/h3-5,7-8,10-11,13H,2,6,9,12H2,1H3/b24-18+. The van der Waals surface area contributed by atoms with Gasteiger partial charge in [0.1, 0.15) is 6.61 Å². The van der Waals surface area contributed by atoms with Crippen LogP contribution in [0.15, 0.2) is 53.7 Å². The summed E-state index contributed by atoms with van der Waals surface area (Å²) in [5.41, 5.74) is 0.616. The molecule has 2 aromatic carbocycles. The second-order valence-electron chi connectivity index (χ2n) is 5.50. The van der Waals surface area contributed by atoms with Crippen LogP contribution in [0, 0.1) is 0 Å². The van der Waals surface area contributed by atoms with Crippen molar-refractivity contribution in [2.45, 2.75) is 32.4 Å². The molecule has 2 rings (SSSR count). The van der Waals surface area contributed by atoms with Crippen molar-refractivity contribution in [1.29, 1.82) is 0 Å². The number of aryl methyl sites for hydroxylation is 1. The molecule has 0 radical (unpaired) electrons. The van der Waals surface area contributed by atoms with Crippen molar-refractivity contribution in [2.75, 3.05) is 6.61 Å². The van der Waals surface area contributed by atoms with E-state index in [0.717, 1.165) is 18.9 Å². The predicted octanol–water partition coefficient (Wildman–Crippen LogP) is 6.12. The van der Waals surface area contributed by atoms with Gasteiger partial charge in [-0.3, -0.25) is 0 Å². The highest BCUT2D eigenvalue weighted by atomic mass is 35.5. The summed E-state index contributed by atoms with van der Waals surface area (Å²) in [5.74, 6) is 0. The van der Waals surface area contributed by atoms with Crippen LogP contribution in [-0.2, 0) is 17.4 Å². The molecule has 2 nitrogen and oxygen atoms in total. The Kier molecular flexibility index (Phi) is 6.88. The molecule has 0 saturated heterocycles. The molecule has 0 unspecified atom stereocenters. The van der Waals surface area contributed by atoms with Gasteiger partial charge in [-0.25, -0.2) is 0 Å². The van der Waals surface area contributed by atoms with Gasteiger partial charge in [-0.2, -0.15) is 13.2 Å². The minimum Gasteiger partial charge on any atom is -0.396 e. The molecule has 0 aliphatic carbocycles. The van der Waals surface area contributed by atoms with E-state index in [-0.39, 0.29) is 16.3 Å². The highest BCUT2D eigenvalue weighted by Crippen LogP contribution is 2.34. The lowest BCUT2D eigenvalue weighted by Gasteiger charge is -2.14. The monoisotopic (exact) mass is 369 g/mol. The van der Waals surface area contributed by atoms with E-state index in [4.69, 9.17) is 16.4 Å². The first-order chi connectivity index (χ1) is 11.9. The summed E-state index contributed by atoms with van der Waals surface area (Å²) in [6, 6.07) is 13.4. The Hall–Kier alpha value is -2.01. The van der Waals surface area contributed by atoms with Crippen molar-refractivity contribution in [2.24, 2.45) is 5.16 Å². The molecule has 0 heterocycles. The van der Waals surface area contributed by atoms with E-state index >= 15 is 0 Å². The quantitative estimate of drug-likeness (QED) is 0.327. The fourth-order valence-electron chi connectivity index (χ4n) is 2.42. The largest absolute Gasteiger partial charge is 0.417 e. The van der Waals surface area contributed by atoms with Crippen LogP contribution >= 0.6 is 11.6 Å². The summed E-state index contributed by atoms with van der Waals surface area (Å²) in [5, 5.41) is 4.15. The van der Waals surface area contributed by atoms with Gasteiger partial charge < -0.3 is 4.84 Å². The van der Waals surface area contributed by atoms with Crippen LogP contribution in [0.4, 0.5) is 13.2 Å². The number of alkyl halides is 3. The van der Waals surface area contributed by atoms with Crippen LogP contribution in [0.25, 0.3) is 0 Å². The Morgan fingerprint density at radius 2 is 1.84 bits per heavy atom. The first-order valence-electron chi connectivity index (χ1n) is 8.01. The van der Waals surface area contributed by atoms with Crippen molar-refractivity contribution in [1.82, 2.24) is 0 Å². The lowest BCUT2D eigenvalue weighted by molar-refractivity contribution is -0.137. The Bertz CT molecular complexity index is 714. The number of benzene rings is 2. The maximum absolute atomic E-state index is 13.2. The zero-order chi connectivity index (χ0) is 18.3. The molecule has 0 spiro atoms. The third-order valence-electron chi connectivity index (χ3n) is 3.65. The second-order valence-corrected chi connectivity index (χ2v) is 5.94. The van der Waals surface area contributed by atoms with E-state index in [9.17, 15) is 13.2 Å². The summed E-state index contributed by atoms with van der Waals surface area (Å²) in [4.78, 5) is 5.25. The molecule has 0 fully saturated rings. The lowest BCUT2D eigenvalue weighted by atomic mass is 10.0. The van der Waals surface area contributed by atoms with E-state index in [1.165, 1.54) is 17.7 Å². The van der Waals surface area contributed by atoms with Gasteiger partial charge >= 0.3 is 6.18 Å². The molecule has 134 valence electrons. The minimum absolute atomic E-state index is 0.0365. The highest BCUT2D eigenvalue weighted by Gasteiger charge is 2.34. The minimum atomic E-state index is -4.47. The van der Waals surface area contributed by atoms with E-state index in [1.54, 1.807) is 6.92 Å². The number of halogens is 4. The van der Waals surface area contributed by atoms with E-state index in [2.05, 4.69) is 5.16 Å². The van der Waals surface area contributed by atoms with Crippen LogP contribution in [0.1, 0.15) is 36.5 Å². The van der Waals surface area contributed by atoms with Crippen LogP contribution in [0.3, 0.4) is 0 Å². The molecule has 0 aliphatic rings. The fraction of sp³-hybridized carbons (Fsp3) is 0.316. The maximum atomic E-state index is 13.2. The number of hydrogen-bond acceptors (Lipinski definition) is 2. The molecular formula is C19H19ClF3NO. The van der Waals surface area contributed by atoms with Gasteiger partial charge in [-0.1, -0.05) is 54.0 Å². The summed E-state index contributed by atoms with van der Waals surface area (Å²) in [6.07, 6.45) is -2.61. The topological polar surface area (TPSA) is 21.6 Å². The van der Waals surface area contributed by atoms with Gasteiger partial charge in [0, 0.05) is 10.6 Å². The molecule has 0 aromatic heterocycles. The zero-order valence-electron chi connectivity index (χ0n) is 13.8. The predicted molar refractivity (Wildman–Crippen MR) is 94.0 cm³/mol. The number of rotatable bonds is 7. The SMILES string of the molecule is CC/C(=N\OCCCc1ccccc1)c1cc(Cl)ccc1C(F)(F)F. The molecule has 25 heavy (non-hydrogen) atoms. The van der Waals surface area contributed by atoms with Crippen molar-refractivity contribution >= 4 is 17.3 Å². The first kappa shape index (κ1) is 19.3. The molecular weight excluding hydrogens is 351 g/mol. The van der Waals surface area contributed by atoms with Crippen LogP contribution in [-0.4, -0.2) is 12.3 Å². The number of nitrogens with zero attached hydrogens (tertiary/aromatic N) is 1. The van der Waals surface area contributed by atoms with E-state index in [1.807, 2.05) is 30.3 Å². The Morgan fingerprint density at radius 3 is 2.48 bits per heavy atom. The first-order valence-corrected chi connectivity index (χ1v) is 8.39. The Balaban J connectivity index is 2.04. The molecule has 0 aliphatic heterocycles. The van der Waals surface area contributed by atoms with Gasteiger partial charge in [0.25, 0.3) is 0 Å². The second kappa shape index (κ2) is 8.90. The molecule has 0 saturated carbocycles. The molecule has 2 aromatic rings. The van der Waals surface area contributed by atoms with Crippen LogP contribution in [0.5, 0.6) is 0 Å². The summed E-state index contributed by atoms with van der Waals surface area (Å²) in [6.45, 7) is 2.06. The molecule has 0 N–H and O–H groups in total. The summed E-state index contributed by atoms with van der Waals surface area (Å²) in [7, 11) is 0. The van der Waals surface area contributed by atoms with Gasteiger partial charge in [-0.15, -0.1) is 0 Å². The molecule has 0 bridgehead atoms. The van der Waals surface area contributed by atoms with Crippen molar-refractivity contribution in [3.05, 3.63) is 70.2 Å². The third kappa shape index (κ3) is 5.78. The molecule has 0 atom stereocenters. The number of hydrogen-bond donors (Lipinski definition) is 0. The van der Waals surface area contributed by atoms with Gasteiger partial charge in [0.2, 0.25) is 0 Å². The van der Waals surface area contributed by atoms with Crippen molar-refractivity contribution < 1.29 is 18.0 Å². The lowest BCUT2D eigenvalue weighted by Crippen LogP contribution is -2.13. The normalized spacial score (nSPS) is 12.3. The fourth-order valence-corrected chi connectivity index (χ4v) is 2.59. The maximum Gasteiger partial charge on any atom is 0.417 e. The molecule has 0 amide bonds. The van der Waals surface area contributed by atoms with Crippen molar-refractivity contribution in [3.8, 4) is 0 Å². The van der Waals surface area contributed by atoms with Crippen LogP contribution in [0.2, 0.25) is 5.02 Å². The Morgan fingerprint density at radius 1 is 1.12 bits per heavy atom. The summed E-state index contributed by atoms with van der Waals surface area (Å²) < 4.78 is 39.5. The van der Waals surface area contributed by atoms with Gasteiger partial charge in [0.05, 0.1) is 11.3 Å². The number of oxime groups is 1. The van der Waals surface area contributed by atoms with E-state index in [0.29, 0.717) is 13.0 Å². The highest BCUT2D eigenvalue weighted by molar-refractivity contribution is 6.31. The third-order valence-corrected chi connectivity index (χ3v) is 3.89. The van der Waals surface area contributed by atoms with Crippen molar-refractivity contribution in [3.63, 3.8) is 0 Å². The van der Waals surface area contributed by atoms with Gasteiger partial charge in [-0.05, 0) is 43.0 Å². The smallest absolute Gasteiger partial charge is 0.396 e. The van der Waals surface area contributed by atoms with Gasteiger partial charge in [0.15, 0.2) is 0 Å². The average Bonchev–Trinajstić information content (AvgIpc) is 2.58. The van der Waals surface area contributed by atoms with E-state index < -0.39 is 11.7 Å². The zero-order valence-corrected chi connectivity index (χ0v) is 14.6. The Labute approximate surface area is 150 Å². The van der Waals surface area contributed by atoms with Crippen LogP contribution < -0.4 is 0 Å². The summed E-state index contributed by atoms with van der Waals surface area (Å²) >= 11 is 5.86. The molecule has 6 heteroatoms.